The normalized spacial score (nSPS) is 12.4. The smallest absolute Gasteiger partial charge is 0.140 e. The molecule has 0 spiro atoms. The van der Waals surface area contributed by atoms with Gasteiger partial charge in [0.25, 0.3) is 0 Å². The van der Waals surface area contributed by atoms with Crippen molar-refractivity contribution < 1.29 is 9.84 Å². The van der Waals surface area contributed by atoms with E-state index < -0.39 is 6.10 Å². The van der Waals surface area contributed by atoms with Crippen LogP contribution in [0.5, 0.6) is 5.75 Å². The average Bonchev–Trinajstić information content (AvgIpc) is 2.66. The van der Waals surface area contributed by atoms with Crippen LogP contribution in [0.15, 0.2) is 24.3 Å². The molecule has 0 bridgehead atoms. The first kappa shape index (κ1) is 13.1. The van der Waals surface area contributed by atoms with Gasteiger partial charge in [-0.05, 0) is 26.8 Å². The van der Waals surface area contributed by atoms with E-state index in [1.165, 1.54) is 4.88 Å². The number of benzene rings is 1. The molecule has 18 heavy (non-hydrogen) atoms. The molecule has 2 aromatic rings. The van der Waals surface area contributed by atoms with Crippen LogP contribution in [0.25, 0.3) is 0 Å². The minimum Gasteiger partial charge on any atom is -0.486 e. The van der Waals surface area contributed by atoms with Gasteiger partial charge < -0.3 is 9.84 Å². The lowest BCUT2D eigenvalue weighted by Gasteiger charge is -2.12. The predicted octanol–water partition coefficient (Wildman–Crippen LogP) is 3.39. The minimum absolute atomic E-state index is 0.448. The highest BCUT2D eigenvalue weighted by Crippen LogP contribution is 2.26. The molecule has 0 aliphatic heterocycles. The van der Waals surface area contributed by atoms with Crippen molar-refractivity contribution >= 4 is 11.3 Å². The van der Waals surface area contributed by atoms with E-state index in [1.807, 2.05) is 31.2 Å². The molecule has 0 radical (unpaired) electrons. The summed E-state index contributed by atoms with van der Waals surface area (Å²) in [6, 6.07) is 7.54. The maximum absolute atomic E-state index is 9.66. The van der Waals surface area contributed by atoms with Crippen molar-refractivity contribution in [3.8, 4) is 5.75 Å². The van der Waals surface area contributed by atoms with E-state index in [1.54, 1.807) is 18.3 Å². The van der Waals surface area contributed by atoms with E-state index in [9.17, 15) is 5.11 Å². The molecule has 0 fully saturated rings. The summed E-state index contributed by atoms with van der Waals surface area (Å²) in [5.41, 5.74) is 1.87. The highest BCUT2D eigenvalue weighted by Gasteiger charge is 2.09. The third-order valence-electron chi connectivity index (χ3n) is 2.79. The fourth-order valence-corrected chi connectivity index (χ4v) is 2.54. The number of aryl methyl sites for hydroxylation is 2. The van der Waals surface area contributed by atoms with Gasteiger partial charge in [-0.1, -0.05) is 18.2 Å². The van der Waals surface area contributed by atoms with Gasteiger partial charge in [-0.2, -0.15) is 0 Å². The van der Waals surface area contributed by atoms with Crippen molar-refractivity contribution in [3.63, 3.8) is 0 Å². The van der Waals surface area contributed by atoms with Gasteiger partial charge in [0.2, 0.25) is 0 Å². The predicted molar refractivity (Wildman–Crippen MR) is 73.0 cm³/mol. The van der Waals surface area contributed by atoms with Gasteiger partial charge in [-0.25, -0.2) is 4.98 Å². The Morgan fingerprint density at radius 1 is 1.33 bits per heavy atom. The zero-order valence-corrected chi connectivity index (χ0v) is 11.6. The van der Waals surface area contributed by atoms with Gasteiger partial charge in [0.15, 0.2) is 0 Å². The number of thiazole rings is 1. The third kappa shape index (κ3) is 2.89. The Hall–Kier alpha value is -1.39. The summed E-state index contributed by atoms with van der Waals surface area (Å²) in [6.45, 7) is 6.24. The maximum atomic E-state index is 9.66. The molecule has 1 atom stereocenters. The zero-order valence-electron chi connectivity index (χ0n) is 10.8. The fourth-order valence-electron chi connectivity index (χ4n) is 1.70. The molecule has 1 N–H and O–H groups in total. The van der Waals surface area contributed by atoms with E-state index in [-0.39, 0.29) is 0 Å². The molecular formula is C14H17NO2S. The number of hydrogen-bond donors (Lipinski definition) is 1. The molecule has 0 aliphatic carbocycles. The SMILES string of the molecule is Cc1nc(COc2ccccc2[C@H](C)O)sc1C. The van der Waals surface area contributed by atoms with Gasteiger partial charge in [-0.3, -0.25) is 0 Å². The lowest BCUT2D eigenvalue weighted by molar-refractivity contribution is 0.190. The van der Waals surface area contributed by atoms with Crippen LogP contribution in [0.2, 0.25) is 0 Å². The second kappa shape index (κ2) is 5.50. The van der Waals surface area contributed by atoms with Crippen molar-refractivity contribution in [2.24, 2.45) is 0 Å². The number of aliphatic hydroxyl groups excluding tert-OH is 1. The van der Waals surface area contributed by atoms with Crippen LogP contribution in [0.1, 0.15) is 34.2 Å². The largest absolute Gasteiger partial charge is 0.486 e. The summed E-state index contributed by atoms with van der Waals surface area (Å²) in [5.74, 6) is 0.720. The molecule has 96 valence electrons. The third-order valence-corrected chi connectivity index (χ3v) is 3.84. The number of hydrogen-bond acceptors (Lipinski definition) is 4. The van der Waals surface area contributed by atoms with Crippen molar-refractivity contribution in [2.45, 2.75) is 33.5 Å². The molecule has 3 nitrogen and oxygen atoms in total. The van der Waals surface area contributed by atoms with Gasteiger partial charge >= 0.3 is 0 Å². The van der Waals surface area contributed by atoms with Crippen LogP contribution in [0.4, 0.5) is 0 Å². The molecule has 0 aliphatic rings. The van der Waals surface area contributed by atoms with Crippen LogP contribution >= 0.6 is 11.3 Å². The van der Waals surface area contributed by atoms with Gasteiger partial charge in [0.1, 0.15) is 17.4 Å². The van der Waals surface area contributed by atoms with Crippen LogP contribution < -0.4 is 4.74 Å². The van der Waals surface area contributed by atoms with Crippen LogP contribution in [0, 0.1) is 13.8 Å². The lowest BCUT2D eigenvalue weighted by atomic mass is 10.1. The van der Waals surface area contributed by atoms with Crippen molar-refractivity contribution in [1.82, 2.24) is 4.98 Å². The number of ether oxygens (including phenoxy) is 1. The highest BCUT2D eigenvalue weighted by molar-refractivity contribution is 7.11. The number of nitrogens with zero attached hydrogens (tertiary/aromatic N) is 1. The molecule has 0 amide bonds. The Balaban J connectivity index is 2.10. The van der Waals surface area contributed by atoms with Gasteiger partial charge in [0, 0.05) is 10.4 Å². The standard InChI is InChI=1S/C14H17NO2S/c1-9-11(3)18-14(15-9)8-17-13-7-5-4-6-12(13)10(2)16/h4-7,10,16H,8H2,1-3H3/t10-/m0/s1. The lowest BCUT2D eigenvalue weighted by Crippen LogP contribution is -2.00. The van der Waals surface area contributed by atoms with E-state index in [0.717, 1.165) is 22.0 Å². The van der Waals surface area contributed by atoms with Crippen molar-refractivity contribution in [3.05, 3.63) is 45.4 Å². The molecule has 1 heterocycles. The van der Waals surface area contributed by atoms with Crippen molar-refractivity contribution in [1.29, 1.82) is 0 Å². The van der Waals surface area contributed by atoms with Crippen LogP contribution in [-0.4, -0.2) is 10.1 Å². The quantitative estimate of drug-likeness (QED) is 0.919. The van der Waals surface area contributed by atoms with Gasteiger partial charge in [0.05, 0.1) is 11.8 Å². The summed E-state index contributed by atoms with van der Waals surface area (Å²) in [4.78, 5) is 5.65. The second-order valence-electron chi connectivity index (χ2n) is 4.25. The Labute approximate surface area is 111 Å². The monoisotopic (exact) mass is 263 g/mol. The summed E-state index contributed by atoms with van der Waals surface area (Å²) < 4.78 is 5.74. The van der Waals surface area contributed by atoms with E-state index >= 15 is 0 Å². The van der Waals surface area contributed by atoms with Crippen LogP contribution in [-0.2, 0) is 6.61 Å². The fraction of sp³-hybridized carbons (Fsp3) is 0.357. The van der Waals surface area contributed by atoms with E-state index in [4.69, 9.17) is 4.74 Å². The Morgan fingerprint density at radius 3 is 2.67 bits per heavy atom. The Bertz CT molecular complexity index is 515. The molecule has 1 aromatic carbocycles. The Morgan fingerprint density at radius 2 is 2.06 bits per heavy atom. The highest BCUT2D eigenvalue weighted by atomic mass is 32.1. The molecule has 0 saturated carbocycles. The topological polar surface area (TPSA) is 42.4 Å². The summed E-state index contributed by atoms with van der Waals surface area (Å²) in [7, 11) is 0. The molecular weight excluding hydrogens is 246 g/mol. The van der Waals surface area contributed by atoms with Crippen molar-refractivity contribution in [2.75, 3.05) is 0 Å². The average molecular weight is 263 g/mol. The summed E-state index contributed by atoms with van der Waals surface area (Å²) in [6.07, 6.45) is -0.527. The summed E-state index contributed by atoms with van der Waals surface area (Å²) in [5, 5.41) is 10.6. The van der Waals surface area contributed by atoms with E-state index in [2.05, 4.69) is 11.9 Å². The zero-order chi connectivity index (χ0) is 13.1. The second-order valence-corrected chi connectivity index (χ2v) is 5.54. The first-order valence-corrected chi connectivity index (χ1v) is 6.72. The number of para-hydroxylation sites is 1. The molecule has 2 rings (SSSR count). The molecule has 0 saturated heterocycles. The summed E-state index contributed by atoms with van der Waals surface area (Å²) >= 11 is 1.65. The number of rotatable bonds is 4. The number of aliphatic hydroxyl groups is 1. The van der Waals surface area contributed by atoms with Crippen LogP contribution in [0.3, 0.4) is 0 Å². The first-order valence-electron chi connectivity index (χ1n) is 5.90. The number of aromatic nitrogens is 1. The van der Waals surface area contributed by atoms with E-state index in [0.29, 0.717) is 6.61 Å². The molecule has 0 unspecified atom stereocenters. The first-order chi connectivity index (χ1) is 8.58. The Kier molecular flexibility index (Phi) is 3.99. The maximum Gasteiger partial charge on any atom is 0.140 e. The minimum atomic E-state index is -0.527. The van der Waals surface area contributed by atoms with Gasteiger partial charge in [-0.15, -0.1) is 11.3 Å². The molecule has 1 aromatic heterocycles. The molecule has 4 heteroatoms.